The topological polar surface area (TPSA) is 94.3 Å². The highest BCUT2D eigenvalue weighted by Gasteiger charge is 2.36. The molecule has 0 aromatic heterocycles. The molecule has 7 heteroatoms. The molecule has 2 N–H and O–H groups in total. The molecule has 0 aliphatic carbocycles. The van der Waals surface area contributed by atoms with Gasteiger partial charge in [0.1, 0.15) is 0 Å². The van der Waals surface area contributed by atoms with Crippen molar-refractivity contribution in [2.45, 2.75) is 10.3 Å². The minimum atomic E-state index is -4.28. The fourth-order valence-electron chi connectivity index (χ4n) is 2.09. The summed E-state index contributed by atoms with van der Waals surface area (Å²) in [5, 5.41) is 5.14. The monoisotopic (exact) mass is 325 g/mol. The third-order valence-electron chi connectivity index (χ3n) is 2.91. The second-order valence-corrected chi connectivity index (χ2v) is 8.66. The van der Waals surface area contributed by atoms with Crippen molar-refractivity contribution in [2.75, 3.05) is 0 Å². The van der Waals surface area contributed by atoms with E-state index in [1.165, 1.54) is 12.1 Å². The molecule has 1 unspecified atom stereocenters. The number of nitrogens with two attached hydrogens (primary N) is 1. The Morgan fingerprint density at radius 2 is 1.29 bits per heavy atom. The van der Waals surface area contributed by atoms with Crippen LogP contribution in [-0.2, 0) is 25.6 Å². The average Bonchev–Trinajstić information content (AvgIpc) is 2.38. The zero-order chi connectivity index (χ0) is 15.5. The first-order valence-corrected chi connectivity index (χ1v) is 9.45. The molecule has 0 radical (unpaired) electrons. The SMILES string of the molecule is NS(=O)(=O)C(c1ccccc1)S(=O)(=O)Cc1ccccc1. The molecule has 0 aliphatic rings. The van der Waals surface area contributed by atoms with Crippen molar-refractivity contribution in [2.24, 2.45) is 5.14 Å². The molecule has 0 bridgehead atoms. The van der Waals surface area contributed by atoms with E-state index in [0.717, 1.165) is 0 Å². The molecule has 2 aromatic rings. The highest BCUT2D eigenvalue weighted by atomic mass is 32.3. The Bertz CT molecular complexity index is 801. The number of benzene rings is 2. The predicted octanol–water partition coefficient (Wildman–Crippen LogP) is 1.59. The standard InChI is InChI=1S/C14H15NO4S2/c15-21(18,19)14(13-9-5-2-6-10-13)20(16,17)11-12-7-3-1-4-8-12/h1-10,14H,11H2,(H2,15,18,19). The second-order valence-electron chi connectivity index (χ2n) is 4.62. The molecule has 1 atom stereocenters. The van der Waals surface area contributed by atoms with Gasteiger partial charge in [-0.15, -0.1) is 0 Å². The quantitative estimate of drug-likeness (QED) is 0.903. The van der Waals surface area contributed by atoms with Crippen molar-refractivity contribution in [1.29, 1.82) is 0 Å². The van der Waals surface area contributed by atoms with E-state index in [1.54, 1.807) is 48.5 Å². The summed E-state index contributed by atoms with van der Waals surface area (Å²) in [7, 11) is -8.28. The number of primary sulfonamides is 1. The van der Waals surface area contributed by atoms with Gasteiger partial charge >= 0.3 is 0 Å². The van der Waals surface area contributed by atoms with Gasteiger partial charge in [-0.25, -0.2) is 22.0 Å². The fraction of sp³-hybridized carbons (Fsp3) is 0.143. The maximum Gasteiger partial charge on any atom is 0.230 e. The number of hydrogen-bond donors (Lipinski definition) is 1. The van der Waals surface area contributed by atoms with E-state index in [9.17, 15) is 16.8 Å². The van der Waals surface area contributed by atoms with Gasteiger partial charge in [0.05, 0.1) is 5.75 Å². The largest absolute Gasteiger partial charge is 0.230 e. The molecule has 0 aliphatic heterocycles. The zero-order valence-electron chi connectivity index (χ0n) is 11.1. The van der Waals surface area contributed by atoms with Crippen LogP contribution in [0.2, 0.25) is 0 Å². The molecule has 0 fully saturated rings. The first-order chi connectivity index (χ1) is 9.81. The molecular formula is C14H15NO4S2. The van der Waals surface area contributed by atoms with Gasteiger partial charge in [-0.2, -0.15) is 0 Å². The predicted molar refractivity (Wildman–Crippen MR) is 81.4 cm³/mol. The van der Waals surface area contributed by atoms with E-state index >= 15 is 0 Å². The number of sulfonamides is 1. The van der Waals surface area contributed by atoms with Crippen molar-refractivity contribution < 1.29 is 16.8 Å². The van der Waals surface area contributed by atoms with Crippen LogP contribution < -0.4 is 5.14 Å². The van der Waals surface area contributed by atoms with Crippen LogP contribution in [0.5, 0.6) is 0 Å². The fourth-order valence-corrected chi connectivity index (χ4v) is 5.85. The maximum absolute atomic E-state index is 12.5. The van der Waals surface area contributed by atoms with E-state index in [1.807, 2.05) is 0 Å². The Hall–Kier alpha value is -1.70. The molecule has 0 spiro atoms. The summed E-state index contributed by atoms with van der Waals surface area (Å²) in [6.07, 6.45) is 0. The number of hydrogen-bond acceptors (Lipinski definition) is 4. The van der Waals surface area contributed by atoms with Crippen molar-refractivity contribution >= 4 is 19.9 Å². The normalized spacial score (nSPS) is 13.8. The summed E-state index contributed by atoms with van der Waals surface area (Å²) in [6, 6.07) is 16.1. The van der Waals surface area contributed by atoms with Crippen molar-refractivity contribution in [3.05, 3.63) is 71.8 Å². The van der Waals surface area contributed by atoms with Crippen LogP contribution in [0.4, 0.5) is 0 Å². The van der Waals surface area contributed by atoms with Crippen LogP contribution in [0.15, 0.2) is 60.7 Å². The summed E-state index contributed by atoms with van der Waals surface area (Å²) in [6.45, 7) is 0. The summed E-state index contributed by atoms with van der Waals surface area (Å²) in [5.74, 6) is -0.385. The van der Waals surface area contributed by atoms with Gasteiger partial charge in [-0.1, -0.05) is 60.7 Å². The van der Waals surface area contributed by atoms with Crippen molar-refractivity contribution in [3.63, 3.8) is 0 Å². The van der Waals surface area contributed by atoms with Crippen LogP contribution in [0.25, 0.3) is 0 Å². The highest BCUT2D eigenvalue weighted by Crippen LogP contribution is 2.29. The zero-order valence-corrected chi connectivity index (χ0v) is 12.7. The molecular weight excluding hydrogens is 310 g/mol. The van der Waals surface area contributed by atoms with Gasteiger partial charge in [0.25, 0.3) is 0 Å². The lowest BCUT2D eigenvalue weighted by atomic mass is 10.2. The lowest BCUT2D eigenvalue weighted by molar-refractivity contribution is 0.577. The van der Waals surface area contributed by atoms with Crippen molar-refractivity contribution in [3.8, 4) is 0 Å². The maximum atomic E-state index is 12.5. The third-order valence-corrected chi connectivity index (χ3v) is 7.12. The van der Waals surface area contributed by atoms with Gasteiger partial charge in [0.15, 0.2) is 9.84 Å². The third kappa shape index (κ3) is 3.90. The van der Waals surface area contributed by atoms with E-state index < -0.39 is 24.4 Å². The smallest absolute Gasteiger partial charge is 0.227 e. The molecule has 0 amide bonds. The van der Waals surface area contributed by atoms with Crippen LogP contribution >= 0.6 is 0 Å². The Morgan fingerprint density at radius 1 is 0.810 bits per heavy atom. The second kappa shape index (κ2) is 5.97. The Labute approximate surface area is 124 Å². The van der Waals surface area contributed by atoms with E-state index in [0.29, 0.717) is 5.56 Å². The molecule has 21 heavy (non-hydrogen) atoms. The molecule has 0 heterocycles. The highest BCUT2D eigenvalue weighted by molar-refractivity contribution is 8.07. The Morgan fingerprint density at radius 3 is 1.76 bits per heavy atom. The van der Waals surface area contributed by atoms with Gasteiger partial charge in [-0.05, 0) is 11.1 Å². The lowest BCUT2D eigenvalue weighted by Gasteiger charge is -2.16. The molecule has 2 rings (SSSR count). The summed E-state index contributed by atoms with van der Waals surface area (Å²) in [5.41, 5.74) is 0.665. The number of rotatable bonds is 5. The molecule has 2 aromatic carbocycles. The summed E-state index contributed by atoms with van der Waals surface area (Å²) < 4.78 is 46.8. The van der Waals surface area contributed by atoms with Crippen LogP contribution in [0, 0.1) is 0 Å². The Kier molecular flexibility index (Phi) is 4.46. The average molecular weight is 325 g/mol. The van der Waals surface area contributed by atoms with Gasteiger partial charge in [0, 0.05) is 0 Å². The molecule has 5 nitrogen and oxygen atoms in total. The van der Waals surface area contributed by atoms with E-state index in [4.69, 9.17) is 5.14 Å². The van der Waals surface area contributed by atoms with Gasteiger partial charge in [0.2, 0.25) is 14.6 Å². The molecule has 0 saturated heterocycles. The van der Waals surface area contributed by atoms with Crippen LogP contribution in [-0.4, -0.2) is 16.8 Å². The minimum absolute atomic E-state index is 0.149. The lowest BCUT2D eigenvalue weighted by Crippen LogP contribution is -2.29. The first kappa shape index (κ1) is 15.7. The van der Waals surface area contributed by atoms with E-state index in [-0.39, 0.29) is 11.3 Å². The van der Waals surface area contributed by atoms with Gasteiger partial charge < -0.3 is 0 Å². The summed E-state index contributed by atoms with van der Waals surface area (Å²) >= 11 is 0. The van der Waals surface area contributed by atoms with Crippen LogP contribution in [0.3, 0.4) is 0 Å². The minimum Gasteiger partial charge on any atom is -0.227 e. The molecule has 0 saturated carbocycles. The van der Waals surface area contributed by atoms with E-state index in [2.05, 4.69) is 0 Å². The Balaban J connectivity index is 2.47. The summed E-state index contributed by atoms with van der Waals surface area (Å²) in [4.78, 5) is 0. The first-order valence-electron chi connectivity index (χ1n) is 6.13. The van der Waals surface area contributed by atoms with Crippen LogP contribution in [0.1, 0.15) is 15.7 Å². The number of sulfone groups is 1. The van der Waals surface area contributed by atoms with Gasteiger partial charge in [-0.3, -0.25) is 0 Å². The molecule has 112 valence electrons. The van der Waals surface area contributed by atoms with Crippen molar-refractivity contribution in [1.82, 2.24) is 0 Å².